The Balaban J connectivity index is 1.71. The Labute approximate surface area is 209 Å². The number of carbonyl (C=O) groups is 1. The molecule has 0 aliphatic rings. The summed E-state index contributed by atoms with van der Waals surface area (Å²) >= 11 is 12.3. The molecule has 0 unspecified atom stereocenters. The zero-order chi connectivity index (χ0) is 24.1. The van der Waals surface area contributed by atoms with E-state index in [2.05, 4.69) is 41.8 Å². The molecule has 0 atom stereocenters. The van der Waals surface area contributed by atoms with Crippen molar-refractivity contribution in [2.24, 2.45) is 5.73 Å². The van der Waals surface area contributed by atoms with Crippen LogP contribution in [0.1, 0.15) is 31.0 Å². The van der Waals surface area contributed by atoms with Crippen LogP contribution in [0.2, 0.25) is 10.0 Å². The van der Waals surface area contributed by atoms with E-state index in [9.17, 15) is 4.79 Å². The predicted molar refractivity (Wildman–Crippen MR) is 142 cm³/mol. The van der Waals surface area contributed by atoms with Gasteiger partial charge in [-0.25, -0.2) is 9.48 Å². The van der Waals surface area contributed by atoms with Crippen LogP contribution in [0.15, 0.2) is 60.7 Å². The summed E-state index contributed by atoms with van der Waals surface area (Å²) in [5, 5.41) is 13.4. The van der Waals surface area contributed by atoms with Gasteiger partial charge in [-0.3, -0.25) is 5.32 Å². The van der Waals surface area contributed by atoms with Gasteiger partial charge in [0, 0.05) is 6.07 Å². The first-order valence-electron chi connectivity index (χ1n) is 11.3. The molecule has 1 heterocycles. The van der Waals surface area contributed by atoms with E-state index in [1.807, 2.05) is 18.2 Å². The van der Waals surface area contributed by atoms with Crippen molar-refractivity contribution >= 4 is 51.5 Å². The molecule has 0 fully saturated rings. The monoisotopic (exact) mass is 495 g/mol. The standard InChI is InChI=1S/C26H27Cl2N5O/c1-2-3-8-19-16-24(31-26(34)30-23-11-6-10-22(27)25(23)28)33(32-19)20-14-17-7-4-5-9-21(17)18(15-20)12-13-29/h4-7,9-11,14-16H,2-3,8,12-13,29H2,1H3,(H2,30,31,34). The number of anilines is 2. The number of urea groups is 1. The van der Waals surface area contributed by atoms with E-state index in [4.69, 9.17) is 34.0 Å². The SMILES string of the molecule is CCCCc1cc(NC(=O)Nc2cccc(Cl)c2Cl)n(-c2cc(CCN)c3ccccc3c2)n1. The van der Waals surface area contributed by atoms with Crippen molar-refractivity contribution in [1.82, 2.24) is 9.78 Å². The number of fused-ring (bicyclic) bond motifs is 1. The van der Waals surface area contributed by atoms with Gasteiger partial charge in [0.25, 0.3) is 0 Å². The molecule has 1 aromatic heterocycles. The quantitative estimate of drug-likeness (QED) is 0.250. The Hall–Kier alpha value is -3.06. The Kier molecular flexibility index (Phi) is 7.73. The van der Waals surface area contributed by atoms with Crippen molar-refractivity contribution in [2.45, 2.75) is 32.6 Å². The summed E-state index contributed by atoms with van der Waals surface area (Å²) in [5.41, 5.74) is 9.23. The molecule has 0 saturated heterocycles. The minimum atomic E-state index is -0.435. The van der Waals surface area contributed by atoms with E-state index < -0.39 is 6.03 Å². The van der Waals surface area contributed by atoms with E-state index >= 15 is 0 Å². The highest BCUT2D eigenvalue weighted by molar-refractivity contribution is 6.44. The van der Waals surface area contributed by atoms with Crippen LogP contribution < -0.4 is 16.4 Å². The van der Waals surface area contributed by atoms with Gasteiger partial charge in [-0.05, 0) is 66.4 Å². The maximum atomic E-state index is 12.9. The number of hydrogen-bond acceptors (Lipinski definition) is 3. The lowest BCUT2D eigenvalue weighted by atomic mass is 10.0. The van der Waals surface area contributed by atoms with Crippen molar-refractivity contribution in [1.29, 1.82) is 0 Å². The lowest BCUT2D eigenvalue weighted by Crippen LogP contribution is -2.21. The Morgan fingerprint density at radius 1 is 1.03 bits per heavy atom. The lowest BCUT2D eigenvalue weighted by molar-refractivity contribution is 0.262. The summed E-state index contributed by atoms with van der Waals surface area (Å²) in [6.45, 7) is 2.68. The fourth-order valence-corrected chi connectivity index (χ4v) is 4.27. The first-order chi connectivity index (χ1) is 16.5. The van der Waals surface area contributed by atoms with Crippen LogP contribution in [-0.4, -0.2) is 22.4 Å². The second-order valence-electron chi connectivity index (χ2n) is 8.08. The molecule has 4 aromatic rings. The number of aromatic nitrogens is 2. The van der Waals surface area contributed by atoms with Crippen LogP contribution in [0.4, 0.5) is 16.3 Å². The second kappa shape index (κ2) is 10.9. The number of aryl methyl sites for hydroxylation is 1. The summed E-state index contributed by atoms with van der Waals surface area (Å²) in [6, 6.07) is 18.9. The van der Waals surface area contributed by atoms with Crippen molar-refractivity contribution < 1.29 is 4.79 Å². The number of unbranched alkanes of at least 4 members (excludes halogenated alkanes) is 1. The van der Waals surface area contributed by atoms with Crippen LogP contribution in [0.25, 0.3) is 16.5 Å². The minimum Gasteiger partial charge on any atom is -0.330 e. The van der Waals surface area contributed by atoms with Crippen molar-refractivity contribution in [2.75, 3.05) is 17.2 Å². The average molecular weight is 496 g/mol. The number of benzene rings is 3. The number of hydrogen-bond donors (Lipinski definition) is 3. The fraction of sp³-hybridized carbons (Fsp3) is 0.231. The molecule has 8 heteroatoms. The van der Waals surface area contributed by atoms with Gasteiger partial charge >= 0.3 is 6.03 Å². The number of rotatable bonds is 8. The summed E-state index contributed by atoms with van der Waals surface area (Å²) in [4.78, 5) is 12.9. The number of carbonyl (C=O) groups excluding carboxylic acids is 1. The fourth-order valence-electron chi connectivity index (χ4n) is 3.92. The molecular formula is C26H27Cl2N5O. The average Bonchev–Trinajstić information content (AvgIpc) is 3.23. The Morgan fingerprint density at radius 3 is 2.65 bits per heavy atom. The van der Waals surface area contributed by atoms with E-state index in [0.717, 1.165) is 53.4 Å². The zero-order valence-electron chi connectivity index (χ0n) is 18.9. The van der Waals surface area contributed by atoms with Crippen LogP contribution in [0, 0.1) is 0 Å². The van der Waals surface area contributed by atoms with Gasteiger partial charge in [0.15, 0.2) is 0 Å². The van der Waals surface area contributed by atoms with Crippen LogP contribution in [0.5, 0.6) is 0 Å². The molecular weight excluding hydrogens is 469 g/mol. The molecule has 0 spiro atoms. The Bertz CT molecular complexity index is 1320. The van der Waals surface area contributed by atoms with E-state index in [-0.39, 0.29) is 5.02 Å². The summed E-state index contributed by atoms with van der Waals surface area (Å²) in [7, 11) is 0. The molecule has 0 radical (unpaired) electrons. The Morgan fingerprint density at radius 2 is 1.85 bits per heavy atom. The lowest BCUT2D eigenvalue weighted by Gasteiger charge is -2.14. The van der Waals surface area contributed by atoms with E-state index in [0.29, 0.717) is 23.1 Å². The molecule has 0 bridgehead atoms. The topological polar surface area (TPSA) is 85.0 Å². The number of amides is 2. The van der Waals surface area contributed by atoms with Gasteiger partial charge in [0.05, 0.1) is 27.1 Å². The molecule has 0 saturated carbocycles. The second-order valence-corrected chi connectivity index (χ2v) is 8.87. The smallest absolute Gasteiger partial charge is 0.324 e. The number of halogens is 2. The van der Waals surface area contributed by atoms with Crippen LogP contribution >= 0.6 is 23.2 Å². The highest BCUT2D eigenvalue weighted by atomic mass is 35.5. The van der Waals surface area contributed by atoms with Gasteiger partial charge in [0.2, 0.25) is 0 Å². The third kappa shape index (κ3) is 5.36. The van der Waals surface area contributed by atoms with Gasteiger partial charge in [-0.2, -0.15) is 5.10 Å². The van der Waals surface area contributed by atoms with E-state index in [1.54, 1.807) is 22.9 Å². The molecule has 2 amide bonds. The van der Waals surface area contributed by atoms with Gasteiger partial charge in [0.1, 0.15) is 5.82 Å². The number of nitrogens with zero attached hydrogens (tertiary/aromatic N) is 2. The van der Waals surface area contributed by atoms with Crippen LogP contribution in [0.3, 0.4) is 0 Å². The molecule has 4 rings (SSSR count). The molecule has 4 N–H and O–H groups in total. The third-order valence-electron chi connectivity index (χ3n) is 5.58. The predicted octanol–water partition coefficient (Wildman–Crippen LogP) is 6.82. The van der Waals surface area contributed by atoms with Crippen molar-refractivity contribution in [3.63, 3.8) is 0 Å². The molecule has 6 nitrogen and oxygen atoms in total. The minimum absolute atomic E-state index is 0.289. The van der Waals surface area contributed by atoms with Crippen molar-refractivity contribution in [3.05, 3.63) is 82.0 Å². The largest absolute Gasteiger partial charge is 0.330 e. The van der Waals surface area contributed by atoms with Crippen molar-refractivity contribution in [3.8, 4) is 5.69 Å². The molecule has 3 aromatic carbocycles. The first-order valence-corrected chi connectivity index (χ1v) is 12.1. The zero-order valence-corrected chi connectivity index (χ0v) is 20.5. The normalized spacial score (nSPS) is 11.1. The van der Waals surface area contributed by atoms with Gasteiger partial charge in [-0.1, -0.05) is 66.9 Å². The first kappa shape index (κ1) is 24.1. The number of nitrogens with two attached hydrogens (primary N) is 1. The molecule has 0 aliphatic heterocycles. The summed E-state index contributed by atoms with van der Waals surface area (Å²) < 4.78 is 1.77. The molecule has 34 heavy (non-hydrogen) atoms. The summed E-state index contributed by atoms with van der Waals surface area (Å²) in [6.07, 6.45) is 3.63. The summed E-state index contributed by atoms with van der Waals surface area (Å²) in [5.74, 6) is 0.565. The van der Waals surface area contributed by atoms with Gasteiger partial charge < -0.3 is 11.1 Å². The van der Waals surface area contributed by atoms with Crippen LogP contribution in [-0.2, 0) is 12.8 Å². The number of nitrogens with one attached hydrogen (secondary N) is 2. The highest BCUT2D eigenvalue weighted by Crippen LogP contribution is 2.30. The third-order valence-corrected chi connectivity index (χ3v) is 6.40. The maximum Gasteiger partial charge on any atom is 0.324 e. The molecule has 176 valence electrons. The maximum absolute atomic E-state index is 12.9. The highest BCUT2D eigenvalue weighted by Gasteiger charge is 2.16. The van der Waals surface area contributed by atoms with Gasteiger partial charge in [-0.15, -0.1) is 0 Å². The van der Waals surface area contributed by atoms with E-state index in [1.165, 1.54) is 0 Å². The molecule has 0 aliphatic carbocycles.